The minimum Gasteiger partial charge on any atom is -0.233 e. The van der Waals surface area contributed by atoms with Gasteiger partial charge in [0.05, 0.1) is 0 Å². The fourth-order valence-corrected chi connectivity index (χ4v) is 1.11. The van der Waals surface area contributed by atoms with E-state index in [0.717, 1.165) is 12.5 Å². The van der Waals surface area contributed by atoms with Gasteiger partial charge in [-0.1, -0.05) is 26.7 Å². The van der Waals surface area contributed by atoms with Crippen LogP contribution in [0.25, 0.3) is 0 Å². The molecule has 0 fully saturated rings. The minimum atomic E-state index is 0.805. The molecule has 1 heterocycles. The van der Waals surface area contributed by atoms with E-state index >= 15 is 0 Å². The lowest BCUT2D eigenvalue weighted by Crippen LogP contribution is -1.99. The van der Waals surface area contributed by atoms with Gasteiger partial charge in [-0.15, -0.1) is 5.10 Å². The van der Waals surface area contributed by atoms with E-state index in [1.54, 1.807) is 11.0 Å². The zero-order valence-corrected chi connectivity index (χ0v) is 7.77. The summed E-state index contributed by atoms with van der Waals surface area (Å²) in [5.41, 5.74) is 0. The van der Waals surface area contributed by atoms with E-state index in [9.17, 15) is 0 Å². The van der Waals surface area contributed by atoms with Gasteiger partial charge in [-0.25, -0.2) is 4.68 Å². The SMILES string of the molecule is CC(C)CCCCn1cnnn1. The Hall–Kier alpha value is -0.930. The molecule has 1 aromatic heterocycles. The number of rotatable bonds is 5. The molecular weight excluding hydrogens is 152 g/mol. The standard InChI is InChI=1S/C8H16N4/c1-8(2)5-3-4-6-12-7-9-10-11-12/h7-8H,3-6H2,1-2H3. The molecule has 1 aromatic rings. The first-order chi connectivity index (χ1) is 5.79. The Balaban J connectivity index is 2.04. The average Bonchev–Trinajstić information content (AvgIpc) is 2.49. The third kappa shape index (κ3) is 3.46. The third-order valence-corrected chi connectivity index (χ3v) is 1.81. The van der Waals surface area contributed by atoms with Gasteiger partial charge < -0.3 is 0 Å². The van der Waals surface area contributed by atoms with Crippen LogP contribution in [0.1, 0.15) is 33.1 Å². The summed E-state index contributed by atoms with van der Waals surface area (Å²) in [4.78, 5) is 0. The first-order valence-electron chi connectivity index (χ1n) is 4.50. The predicted octanol–water partition coefficient (Wildman–Crippen LogP) is 1.50. The molecule has 1 rings (SSSR count). The van der Waals surface area contributed by atoms with Crippen molar-refractivity contribution in [3.8, 4) is 0 Å². The van der Waals surface area contributed by atoms with Crippen LogP contribution in [0.4, 0.5) is 0 Å². The van der Waals surface area contributed by atoms with Crippen LogP contribution in [0.3, 0.4) is 0 Å². The summed E-state index contributed by atoms with van der Waals surface area (Å²) in [5.74, 6) is 0.805. The van der Waals surface area contributed by atoms with E-state index in [1.165, 1.54) is 19.3 Å². The highest BCUT2D eigenvalue weighted by Gasteiger charge is 1.95. The van der Waals surface area contributed by atoms with Gasteiger partial charge in [0.1, 0.15) is 6.33 Å². The van der Waals surface area contributed by atoms with E-state index < -0.39 is 0 Å². The fourth-order valence-electron chi connectivity index (χ4n) is 1.11. The first kappa shape index (κ1) is 9.16. The van der Waals surface area contributed by atoms with Crippen molar-refractivity contribution in [3.05, 3.63) is 6.33 Å². The maximum atomic E-state index is 3.79. The molecule has 68 valence electrons. The molecule has 0 radical (unpaired) electrons. The summed E-state index contributed by atoms with van der Waals surface area (Å²) >= 11 is 0. The monoisotopic (exact) mass is 168 g/mol. The number of hydrogen-bond donors (Lipinski definition) is 0. The first-order valence-corrected chi connectivity index (χ1v) is 4.50. The Kier molecular flexibility index (Phi) is 3.70. The van der Waals surface area contributed by atoms with Crippen LogP contribution in [0, 0.1) is 5.92 Å². The Morgan fingerprint density at radius 1 is 1.33 bits per heavy atom. The number of unbranched alkanes of at least 4 members (excludes halogenated alkanes) is 1. The Labute approximate surface area is 73.0 Å². The highest BCUT2D eigenvalue weighted by Crippen LogP contribution is 2.06. The van der Waals surface area contributed by atoms with Crippen LogP contribution < -0.4 is 0 Å². The summed E-state index contributed by atoms with van der Waals surface area (Å²) in [6, 6.07) is 0. The van der Waals surface area contributed by atoms with Crippen LogP contribution in [0.5, 0.6) is 0 Å². The largest absolute Gasteiger partial charge is 0.233 e. The maximum Gasteiger partial charge on any atom is 0.138 e. The summed E-state index contributed by atoms with van der Waals surface area (Å²) in [5, 5.41) is 10.9. The van der Waals surface area contributed by atoms with Crippen molar-refractivity contribution >= 4 is 0 Å². The maximum absolute atomic E-state index is 3.79. The second-order valence-corrected chi connectivity index (χ2v) is 3.46. The van der Waals surface area contributed by atoms with Crippen molar-refractivity contribution in [3.63, 3.8) is 0 Å². The fraction of sp³-hybridized carbons (Fsp3) is 0.875. The summed E-state index contributed by atoms with van der Waals surface area (Å²) < 4.78 is 1.78. The van der Waals surface area contributed by atoms with Gasteiger partial charge >= 0.3 is 0 Å². The van der Waals surface area contributed by atoms with E-state index in [1.807, 2.05) is 0 Å². The highest BCUT2D eigenvalue weighted by atomic mass is 15.5. The zero-order valence-electron chi connectivity index (χ0n) is 7.77. The molecule has 0 aliphatic heterocycles. The van der Waals surface area contributed by atoms with Crippen molar-refractivity contribution in [1.29, 1.82) is 0 Å². The topological polar surface area (TPSA) is 43.6 Å². The lowest BCUT2D eigenvalue weighted by atomic mass is 10.1. The summed E-state index contributed by atoms with van der Waals surface area (Å²) in [6.07, 6.45) is 5.39. The average molecular weight is 168 g/mol. The summed E-state index contributed by atoms with van der Waals surface area (Å²) in [7, 11) is 0. The van der Waals surface area contributed by atoms with Crippen molar-refractivity contribution in [2.24, 2.45) is 5.92 Å². The molecule has 0 aliphatic carbocycles. The highest BCUT2D eigenvalue weighted by molar-refractivity contribution is 4.50. The molecule has 0 aliphatic rings. The molecular formula is C8H16N4. The number of aryl methyl sites for hydroxylation is 1. The molecule has 0 atom stereocenters. The van der Waals surface area contributed by atoms with Crippen LogP contribution in [0.2, 0.25) is 0 Å². The molecule has 0 N–H and O–H groups in total. The molecule has 0 unspecified atom stereocenters. The van der Waals surface area contributed by atoms with Crippen molar-refractivity contribution in [2.75, 3.05) is 0 Å². The van der Waals surface area contributed by atoms with Gasteiger partial charge in [0.2, 0.25) is 0 Å². The molecule has 12 heavy (non-hydrogen) atoms. The molecule has 0 saturated carbocycles. The summed E-state index contributed by atoms with van der Waals surface area (Å²) in [6.45, 7) is 5.44. The predicted molar refractivity (Wildman–Crippen MR) is 46.5 cm³/mol. The number of nitrogens with zero attached hydrogens (tertiary/aromatic N) is 4. The van der Waals surface area contributed by atoms with E-state index in [4.69, 9.17) is 0 Å². The Morgan fingerprint density at radius 3 is 2.75 bits per heavy atom. The molecule has 0 amide bonds. The van der Waals surface area contributed by atoms with Gasteiger partial charge in [0, 0.05) is 6.54 Å². The van der Waals surface area contributed by atoms with E-state index in [0.29, 0.717) is 0 Å². The lowest BCUT2D eigenvalue weighted by molar-refractivity contribution is 0.485. The van der Waals surface area contributed by atoms with Crippen LogP contribution in [-0.4, -0.2) is 20.2 Å². The van der Waals surface area contributed by atoms with E-state index in [2.05, 4.69) is 29.4 Å². The quantitative estimate of drug-likeness (QED) is 0.626. The molecule has 4 nitrogen and oxygen atoms in total. The van der Waals surface area contributed by atoms with Gasteiger partial charge in [-0.3, -0.25) is 0 Å². The van der Waals surface area contributed by atoms with Crippen molar-refractivity contribution < 1.29 is 0 Å². The van der Waals surface area contributed by atoms with Crippen molar-refractivity contribution in [1.82, 2.24) is 20.2 Å². The molecule has 0 saturated heterocycles. The Morgan fingerprint density at radius 2 is 2.17 bits per heavy atom. The minimum absolute atomic E-state index is 0.805. The van der Waals surface area contributed by atoms with Crippen LogP contribution >= 0.6 is 0 Å². The van der Waals surface area contributed by atoms with Gasteiger partial charge in [-0.2, -0.15) is 0 Å². The van der Waals surface area contributed by atoms with Gasteiger partial charge in [-0.05, 0) is 22.8 Å². The molecule has 0 bridgehead atoms. The second kappa shape index (κ2) is 4.85. The number of hydrogen-bond acceptors (Lipinski definition) is 3. The lowest BCUT2D eigenvalue weighted by Gasteiger charge is -2.02. The van der Waals surface area contributed by atoms with Crippen LogP contribution in [0.15, 0.2) is 6.33 Å². The van der Waals surface area contributed by atoms with Gasteiger partial charge in [0.15, 0.2) is 0 Å². The molecule has 0 aromatic carbocycles. The number of tetrazole rings is 1. The third-order valence-electron chi connectivity index (χ3n) is 1.81. The smallest absolute Gasteiger partial charge is 0.138 e. The van der Waals surface area contributed by atoms with Crippen LogP contribution in [-0.2, 0) is 6.54 Å². The Bertz CT molecular complexity index is 193. The molecule has 0 spiro atoms. The van der Waals surface area contributed by atoms with Crippen molar-refractivity contribution in [2.45, 2.75) is 39.7 Å². The molecule has 4 heteroatoms. The van der Waals surface area contributed by atoms with E-state index in [-0.39, 0.29) is 0 Å². The zero-order chi connectivity index (χ0) is 8.81. The number of aromatic nitrogens is 4. The second-order valence-electron chi connectivity index (χ2n) is 3.46. The normalized spacial score (nSPS) is 10.9. The van der Waals surface area contributed by atoms with Gasteiger partial charge in [0.25, 0.3) is 0 Å².